The van der Waals surface area contributed by atoms with E-state index in [4.69, 9.17) is 11.2 Å². The predicted octanol–water partition coefficient (Wildman–Crippen LogP) is 2.24. The first-order valence-electron chi connectivity index (χ1n) is 5.60. The van der Waals surface area contributed by atoms with E-state index in [1.807, 2.05) is 12.1 Å². The normalized spacial score (nSPS) is 11.8. The second kappa shape index (κ2) is 6.92. The minimum Gasteiger partial charge on any atom is -0.497 e. The van der Waals surface area contributed by atoms with Crippen LogP contribution in [-0.4, -0.2) is 19.7 Å². The van der Waals surface area contributed by atoms with Gasteiger partial charge in [0.05, 0.1) is 7.11 Å². The summed E-state index contributed by atoms with van der Waals surface area (Å²) in [7, 11) is 1.68. The van der Waals surface area contributed by atoms with E-state index in [0.29, 0.717) is 6.04 Å². The number of ether oxygens (including phenoxy) is 1. The van der Waals surface area contributed by atoms with E-state index in [0.717, 1.165) is 25.1 Å². The number of likely N-dealkylation sites (N-methyl/N-ethyl adjacent to an activating group) is 1. The molecule has 0 fully saturated rings. The van der Waals surface area contributed by atoms with Crippen LogP contribution in [0.1, 0.15) is 18.9 Å². The molecule has 2 heteroatoms. The topological polar surface area (TPSA) is 21.3 Å². The Kier molecular flexibility index (Phi) is 5.45. The number of hydrogen-bond donors (Lipinski definition) is 1. The zero-order valence-corrected chi connectivity index (χ0v) is 9.99. The van der Waals surface area contributed by atoms with Crippen LogP contribution in [-0.2, 0) is 6.42 Å². The van der Waals surface area contributed by atoms with Crippen LogP contribution in [0.3, 0.4) is 0 Å². The van der Waals surface area contributed by atoms with Crippen LogP contribution in [0.2, 0.25) is 0 Å². The summed E-state index contributed by atoms with van der Waals surface area (Å²) in [5, 5.41) is 3.39. The molecule has 0 aliphatic heterocycles. The maximum absolute atomic E-state index is 5.35. The fraction of sp³-hybridized carbons (Fsp3) is 0.429. The quantitative estimate of drug-likeness (QED) is 0.738. The van der Waals surface area contributed by atoms with Gasteiger partial charge in [-0.3, -0.25) is 0 Å². The molecule has 0 radical (unpaired) electrons. The Morgan fingerprint density at radius 3 is 2.56 bits per heavy atom. The van der Waals surface area contributed by atoms with Gasteiger partial charge in [0.1, 0.15) is 5.75 Å². The van der Waals surface area contributed by atoms with Gasteiger partial charge in [0.25, 0.3) is 0 Å². The Morgan fingerprint density at radius 1 is 1.38 bits per heavy atom. The molecular weight excluding hydrogens is 198 g/mol. The molecule has 2 nitrogen and oxygen atoms in total. The molecule has 86 valence electrons. The minimum atomic E-state index is 0.364. The van der Waals surface area contributed by atoms with Crippen LogP contribution in [0.4, 0.5) is 0 Å². The van der Waals surface area contributed by atoms with Gasteiger partial charge >= 0.3 is 0 Å². The summed E-state index contributed by atoms with van der Waals surface area (Å²) in [6.07, 6.45) is 7.07. The molecule has 0 aliphatic carbocycles. The molecule has 0 aliphatic rings. The summed E-state index contributed by atoms with van der Waals surface area (Å²) in [4.78, 5) is 0. The molecule has 0 saturated heterocycles. The number of nitrogens with one attached hydrogen (secondary N) is 1. The van der Waals surface area contributed by atoms with Crippen molar-refractivity contribution in [1.82, 2.24) is 5.32 Å². The summed E-state index contributed by atoms with van der Waals surface area (Å²) < 4.78 is 5.12. The van der Waals surface area contributed by atoms with E-state index in [1.165, 1.54) is 5.56 Å². The standard InChI is InChI=1S/C14H19NO/c1-4-6-13(15-5-2)11-12-7-9-14(16-3)10-8-12/h1,7-10,13,15H,5-6,11H2,2-3H3. The fourth-order valence-corrected chi connectivity index (χ4v) is 1.69. The van der Waals surface area contributed by atoms with Crippen LogP contribution in [0.25, 0.3) is 0 Å². The van der Waals surface area contributed by atoms with Crippen molar-refractivity contribution in [3.05, 3.63) is 29.8 Å². The number of methoxy groups -OCH3 is 1. The molecule has 1 N–H and O–H groups in total. The average Bonchev–Trinajstić information content (AvgIpc) is 2.31. The van der Waals surface area contributed by atoms with Crippen molar-refractivity contribution in [2.24, 2.45) is 0 Å². The maximum atomic E-state index is 5.35. The van der Waals surface area contributed by atoms with E-state index in [9.17, 15) is 0 Å². The molecular formula is C14H19NO. The molecule has 16 heavy (non-hydrogen) atoms. The van der Waals surface area contributed by atoms with Crippen LogP contribution in [0.15, 0.2) is 24.3 Å². The molecule has 0 amide bonds. The second-order valence-corrected chi connectivity index (χ2v) is 3.72. The summed E-state index contributed by atoms with van der Waals surface area (Å²) in [5.74, 6) is 3.60. The maximum Gasteiger partial charge on any atom is 0.118 e. The van der Waals surface area contributed by atoms with Crippen molar-refractivity contribution in [3.63, 3.8) is 0 Å². The zero-order chi connectivity index (χ0) is 11.8. The van der Waals surface area contributed by atoms with Gasteiger partial charge in [0.2, 0.25) is 0 Å². The molecule has 1 aromatic carbocycles. The van der Waals surface area contributed by atoms with Gasteiger partial charge in [0, 0.05) is 12.5 Å². The predicted molar refractivity (Wildman–Crippen MR) is 67.6 cm³/mol. The SMILES string of the molecule is C#CCC(Cc1ccc(OC)cc1)NCC. The molecule has 1 aromatic rings. The number of rotatable bonds is 6. The highest BCUT2D eigenvalue weighted by Crippen LogP contribution is 2.13. The Morgan fingerprint density at radius 2 is 2.06 bits per heavy atom. The summed E-state index contributed by atoms with van der Waals surface area (Å²) in [5.41, 5.74) is 1.28. The van der Waals surface area contributed by atoms with Crippen molar-refractivity contribution in [2.75, 3.05) is 13.7 Å². The molecule has 0 bridgehead atoms. The van der Waals surface area contributed by atoms with Gasteiger partial charge < -0.3 is 10.1 Å². The lowest BCUT2D eigenvalue weighted by molar-refractivity contribution is 0.414. The monoisotopic (exact) mass is 217 g/mol. The van der Waals surface area contributed by atoms with Crippen LogP contribution in [0.5, 0.6) is 5.75 Å². The number of terminal acetylenes is 1. The Bertz CT molecular complexity index is 337. The van der Waals surface area contributed by atoms with Crippen LogP contribution >= 0.6 is 0 Å². The second-order valence-electron chi connectivity index (χ2n) is 3.72. The molecule has 0 aromatic heterocycles. The van der Waals surface area contributed by atoms with E-state index < -0.39 is 0 Å². The first-order valence-corrected chi connectivity index (χ1v) is 5.60. The van der Waals surface area contributed by atoms with Crippen molar-refractivity contribution in [3.8, 4) is 18.1 Å². The molecule has 0 saturated carbocycles. The Hall–Kier alpha value is -1.46. The summed E-state index contributed by atoms with van der Waals surface area (Å²) in [6.45, 7) is 3.04. The fourth-order valence-electron chi connectivity index (χ4n) is 1.69. The lowest BCUT2D eigenvalue weighted by atomic mass is 10.0. The van der Waals surface area contributed by atoms with Crippen molar-refractivity contribution in [2.45, 2.75) is 25.8 Å². The third-order valence-electron chi connectivity index (χ3n) is 2.50. The first kappa shape index (κ1) is 12.6. The zero-order valence-electron chi connectivity index (χ0n) is 9.99. The Labute approximate surface area is 98.0 Å². The van der Waals surface area contributed by atoms with Crippen molar-refractivity contribution >= 4 is 0 Å². The summed E-state index contributed by atoms with van der Waals surface area (Å²) in [6, 6.07) is 8.49. The molecule has 0 heterocycles. The van der Waals surface area contributed by atoms with Gasteiger partial charge in [-0.25, -0.2) is 0 Å². The summed E-state index contributed by atoms with van der Waals surface area (Å²) >= 11 is 0. The molecule has 1 rings (SSSR count). The largest absolute Gasteiger partial charge is 0.497 e. The highest BCUT2D eigenvalue weighted by atomic mass is 16.5. The van der Waals surface area contributed by atoms with Crippen molar-refractivity contribution in [1.29, 1.82) is 0 Å². The third kappa shape index (κ3) is 3.96. The van der Waals surface area contributed by atoms with Gasteiger partial charge in [-0.1, -0.05) is 19.1 Å². The van der Waals surface area contributed by atoms with Crippen LogP contribution < -0.4 is 10.1 Å². The van der Waals surface area contributed by atoms with E-state index in [1.54, 1.807) is 7.11 Å². The number of benzene rings is 1. The van der Waals surface area contributed by atoms with Gasteiger partial charge in [-0.05, 0) is 30.7 Å². The highest BCUT2D eigenvalue weighted by Gasteiger charge is 2.06. The lowest BCUT2D eigenvalue weighted by Gasteiger charge is -2.15. The molecule has 1 unspecified atom stereocenters. The number of hydrogen-bond acceptors (Lipinski definition) is 2. The van der Waals surface area contributed by atoms with E-state index in [-0.39, 0.29) is 0 Å². The minimum absolute atomic E-state index is 0.364. The smallest absolute Gasteiger partial charge is 0.118 e. The third-order valence-corrected chi connectivity index (χ3v) is 2.50. The molecule has 1 atom stereocenters. The van der Waals surface area contributed by atoms with Crippen molar-refractivity contribution < 1.29 is 4.74 Å². The van der Waals surface area contributed by atoms with E-state index >= 15 is 0 Å². The average molecular weight is 217 g/mol. The van der Waals surface area contributed by atoms with E-state index in [2.05, 4.69) is 30.3 Å². The van der Waals surface area contributed by atoms with Gasteiger partial charge in [-0.15, -0.1) is 12.3 Å². The highest BCUT2D eigenvalue weighted by molar-refractivity contribution is 5.27. The van der Waals surface area contributed by atoms with Gasteiger partial charge in [-0.2, -0.15) is 0 Å². The molecule has 0 spiro atoms. The van der Waals surface area contributed by atoms with Gasteiger partial charge in [0.15, 0.2) is 0 Å². The lowest BCUT2D eigenvalue weighted by Crippen LogP contribution is -2.30. The first-order chi connectivity index (χ1) is 7.80. The Balaban J connectivity index is 2.59. The van der Waals surface area contributed by atoms with Crippen LogP contribution in [0, 0.1) is 12.3 Å².